The number of nitrogens with one attached hydrogen (secondary N) is 1. The van der Waals surface area contributed by atoms with Gasteiger partial charge in [0.2, 0.25) is 15.7 Å². The van der Waals surface area contributed by atoms with Crippen LogP contribution in [0, 0.1) is 6.92 Å². The van der Waals surface area contributed by atoms with E-state index in [-0.39, 0.29) is 21.6 Å². The zero-order valence-electron chi connectivity index (χ0n) is 16.2. The Bertz CT molecular complexity index is 1070. The lowest BCUT2D eigenvalue weighted by Gasteiger charge is -2.07. The second kappa shape index (κ2) is 9.56. The molecule has 0 radical (unpaired) electrons. The zero-order valence-corrected chi connectivity index (χ0v) is 18.7. The van der Waals surface area contributed by atoms with Crippen LogP contribution in [0.5, 0.6) is 0 Å². The van der Waals surface area contributed by atoms with Crippen LogP contribution < -0.4 is 5.32 Å². The van der Waals surface area contributed by atoms with Gasteiger partial charge in [-0.3, -0.25) is 4.79 Å². The molecule has 0 unspecified atom stereocenters. The van der Waals surface area contributed by atoms with Gasteiger partial charge in [-0.05, 0) is 36.6 Å². The Morgan fingerprint density at radius 3 is 2.38 bits per heavy atom. The Morgan fingerprint density at radius 1 is 1.07 bits per heavy atom. The van der Waals surface area contributed by atoms with Crippen LogP contribution in [-0.4, -0.2) is 25.1 Å². The molecular formula is C21H22N2O3S3. The second-order valence-corrected chi connectivity index (χ2v) is 10.5. The van der Waals surface area contributed by atoms with E-state index in [4.69, 9.17) is 0 Å². The van der Waals surface area contributed by atoms with Crippen LogP contribution in [0.15, 0.2) is 68.2 Å². The molecule has 0 aliphatic heterocycles. The average Bonchev–Trinajstić information content (AvgIpc) is 3.21. The molecule has 0 aliphatic rings. The van der Waals surface area contributed by atoms with E-state index in [0.717, 1.165) is 17.5 Å². The molecule has 2 aromatic carbocycles. The Balaban J connectivity index is 1.61. The predicted octanol–water partition coefficient (Wildman–Crippen LogP) is 4.26. The molecule has 8 heteroatoms. The summed E-state index contributed by atoms with van der Waals surface area (Å²) in [6.45, 7) is 4.44. The first-order valence-electron chi connectivity index (χ1n) is 9.12. The Morgan fingerprint density at radius 2 is 1.72 bits per heavy atom. The summed E-state index contributed by atoms with van der Waals surface area (Å²) >= 11 is 2.42. The molecule has 1 heterocycles. The van der Waals surface area contributed by atoms with Crippen molar-refractivity contribution in [3.63, 3.8) is 0 Å². The van der Waals surface area contributed by atoms with Gasteiger partial charge in [0.25, 0.3) is 0 Å². The van der Waals surface area contributed by atoms with Crippen LogP contribution in [-0.2, 0) is 27.6 Å². The quantitative estimate of drug-likeness (QED) is 0.524. The summed E-state index contributed by atoms with van der Waals surface area (Å²) < 4.78 is 26.3. The number of nitrogens with zero attached hydrogens (tertiary/aromatic N) is 1. The molecule has 0 fully saturated rings. The highest BCUT2D eigenvalue weighted by molar-refractivity contribution is 8.02. The third-order valence-corrected chi connectivity index (χ3v) is 8.44. The van der Waals surface area contributed by atoms with Gasteiger partial charge in [0.15, 0.2) is 5.03 Å². The molecular weight excluding hydrogens is 424 g/mol. The molecule has 5 nitrogen and oxygen atoms in total. The van der Waals surface area contributed by atoms with E-state index in [2.05, 4.69) is 29.4 Å². The number of carbonyl (C=O) groups excluding carboxylic acids is 1. The fraction of sp³-hybridized carbons (Fsp3) is 0.238. The maximum absolute atomic E-state index is 12.9. The highest BCUT2D eigenvalue weighted by Gasteiger charge is 2.25. The summed E-state index contributed by atoms with van der Waals surface area (Å²) in [5.74, 6) is -0.0206. The van der Waals surface area contributed by atoms with Crippen molar-refractivity contribution in [3.8, 4) is 0 Å². The Hall–Kier alpha value is -2.16. The van der Waals surface area contributed by atoms with E-state index >= 15 is 0 Å². The van der Waals surface area contributed by atoms with Crippen LogP contribution in [0.3, 0.4) is 0 Å². The molecule has 3 aromatic rings. The third kappa shape index (κ3) is 5.46. The predicted molar refractivity (Wildman–Crippen MR) is 117 cm³/mol. The number of thioether (sulfide) groups is 1. The van der Waals surface area contributed by atoms with Gasteiger partial charge < -0.3 is 5.32 Å². The number of aryl methyl sites for hydroxylation is 2. The van der Waals surface area contributed by atoms with Crippen LogP contribution in [0.2, 0.25) is 0 Å². The highest BCUT2D eigenvalue weighted by atomic mass is 32.2. The van der Waals surface area contributed by atoms with Gasteiger partial charge in [0, 0.05) is 6.54 Å². The minimum atomic E-state index is -3.71. The van der Waals surface area contributed by atoms with Gasteiger partial charge in [-0.2, -0.15) is 0 Å². The minimum absolute atomic E-state index is 0.0132. The summed E-state index contributed by atoms with van der Waals surface area (Å²) in [6.07, 6.45) is 0.978. The van der Waals surface area contributed by atoms with Crippen LogP contribution >= 0.6 is 23.1 Å². The van der Waals surface area contributed by atoms with E-state index < -0.39 is 9.84 Å². The van der Waals surface area contributed by atoms with Gasteiger partial charge in [-0.15, -0.1) is 23.1 Å². The van der Waals surface area contributed by atoms with E-state index in [0.29, 0.717) is 10.8 Å². The number of thiazole rings is 1. The van der Waals surface area contributed by atoms with Crippen molar-refractivity contribution in [1.29, 1.82) is 0 Å². The first-order valence-corrected chi connectivity index (χ1v) is 12.5. The third-order valence-electron chi connectivity index (χ3n) is 4.35. The van der Waals surface area contributed by atoms with Gasteiger partial charge in [-0.1, -0.05) is 48.9 Å². The monoisotopic (exact) mass is 446 g/mol. The summed E-state index contributed by atoms with van der Waals surface area (Å²) in [5, 5.41) is 2.88. The lowest BCUT2D eigenvalue weighted by molar-refractivity contribution is -0.118. The molecule has 0 spiro atoms. The van der Waals surface area contributed by atoms with Gasteiger partial charge >= 0.3 is 0 Å². The van der Waals surface area contributed by atoms with Crippen molar-refractivity contribution in [2.45, 2.75) is 40.9 Å². The number of sulfone groups is 1. The van der Waals surface area contributed by atoms with Crippen molar-refractivity contribution >= 4 is 38.8 Å². The number of benzene rings is 2. The molecule has 1 aromatic heterocycles. The summed E-state index contributed by atoms with van der Waals surface area (Å²) in [4.78, 5) is 16.5. The van der Waals surface area contributed by atoms with E-state index in [1.807, 2.05) is 19.1 Å². The van der Waals surface area contributed by atoms with Crippen molar-refractivity contribution in [2.24, 2.45) is 0 Å². The molecule has 152 valence electrons. The number of rotatable bonds is 8. The van der Waals surface area contributed by atoms with Crippen molar-refractivity contribution in [2.75, 3.05) is 5.75 Å². The SMILES string of the molecule is CCc1ccc(CNC(=O)CSc2scnc2S(=O)(=O)c2ccc(C)cc2)cc1. The Labute approximate surface area is 179 Å². The fourth-order valence-corrected chi connectivity index (χ4v) is 6.31. The molecule has 0 saturated heterocycles. The first-order chi connectivity index (χ1) is 13.9. The van der Waals surface area contributed by atoms with Crippen molar-refractivity contribution in [3.05, 3.63) is 70.7 Å². The standard InChI is InChI=1S/C21H22N2O3S3/c1-3-16-6-8-17(9-7-16)12-22-19(24)13-27-21-20(23-14-28-21)29(25,26)18-10-4-15(2)5-11-18/h4-11,14H,3,12-13H2,1-2H3,(H,22,24). The number of carbonyl (C=O) groups is 1. The number of aromatic nitrogens is 1. The van der Waals surface area contributed by atoms with Gasteiger partial charge in [0.05, 0.1) is 20.4 Å². The summed E-state index contributed by atoms with van der Waals surface area (Å²) in [7, 11) is -3.71. The van der Waals surface area contributed by atoms with E-state index in [1.165, 1.54) is 34.2 Å². The van der Waals surface area contributed by atoms with Crippen LogP contribution in [0.25, 0.3) is 0 Å². The normalized spacial score (nSPS) is 11.4. The average molecular weight is 447 g/mol. The fourth-order valence-electron chi connectivity index (χ4n) is 2.60. The minimum Gasteiger partial charge on any atom is -0.351 e. The largest absolute Gasteiger partial charge is 0.351 e. The maximum Gasteiger partial charge on any atom is 0.230 e. The lowest BCUT2D eigenvalue weighted by atomic mass is 10.1. The Kier molecular flexibility index (Phi) is 7.10. The molecule has 1 amide bonds. The maximum atomic E-state index is 12.9. The molecule has 0 atom stereocenters. The van der Waals surface area contributed by atoms with Crippen molar-refractivity contribution in [1.82, 2.24) is 10.3 Å². The second-order valence-electron chi connectivity index (χ2n) is 6.50. The molecule has 0 aliphatic carbocycles. The molecule has 0 saturated carbocycles. The van der Waals surface area contributed by atoms with Gasteiger partial charge in [0.1, 0.15) is 0 Å². The van der Waals surface area contributed by atoms with E-state index in [1.54, 1.807) is 24.3 Å². The number of hydrogen-bond donors (Lipinski definition) is 1. The summed E-state index contributed by atoms with van der Waals surface area (Å²) in [6, 6.07) is 14.8. The number of hydrogen-bond acceptors (Lipinski definition) is 6. The topological polar surface area (TPSA) is 76.1 Å². The molecule has 29 heavy (non-hydrogen) atoms. The molecule has 3 rings (SSSR count). The highest BCUT2D eigenvalue weighted by Crippen LogP contribution is 2.33. The summed E-state index contributed by atoms with van der Waals surface area (Å²) in [5.41, 5.74) is 4.76. The van der Waals surface area contributed by atoms with Crippen LogP contribution in [0.4, 0.5) is 0 Å². The van der Waals surface area contributed by atoms with E-state index in [9.17, 15) is 13.2 Å². The van der Waals surface area contributed by atoms with Crippen molar-refractivity contribution < 1.29 is 13.2 Å². The van der Waals surface area contributed by atoms with Gasteiger partial charge in [-0.25, -0.2) is 13.4 Å². The first kappa shape index (κ1) is 21.5. The lowest BCUT2D eigenvalue weighted by Crippen LogP contribution is -2.24. The zero-order chi connectivity index (χ0) is 20.9. The molecule has 0 bridgehead atoms. The molecule has 1 N–H and O–H groups in total. The number of amides is 1. The smallest absolute Gasteiger partial charge is 0.230 e. The van der Waals surface area contributed by atoms with Crippen LogP contribution in [0.1, 0.15) is 23.6 Å².